The molecular formula is C17H29NO. The molecule has 0 spiro atoms. The van der Waals surface area contributed by atoms with Gasteiger partial charge in [0.2, 0.25) is 0 Å². The lowest BCUT2D eigenvalue weighted by Gasteiger charge is -2.17. The first kappa shape index (κ1) is 16.0. The molecule has 0 fully saturated rings. The van der Waals surface area contributed by atoms with E-state index in [1.807, 2.05) is 0 Å². The molecule has 2 heteroatoms. The maximum Gasteiger partial charge on any atom is 0.122 e. The third-order valence-electron chi connectivity index (χ3n) is 3.65. The van der Waals surface area contributed by atoms with Crippen molar-refractivity contribution in [3.8, 4) is 5.75 Å². The van der Waals surface area contributed by atoms with Crippen molar-refractivity contribution >= 4 is 0 Å². The number of hydrogen-bond acceptors (Lipinski definition) is 2. The lowest BCUT2D eigenvalue weighted by molar-refractivity contribution is 0.231. The maximum atomic E-state index is 6.04. The van der Waals surface area contributed by atoms with Gasteiger partial charge in [0.1, 0.15) is 5.75 Å². The van der Waals surface area contributed by atoms with Crippen LogP contribution in [0.1, 0.15) is 50.7 Å². The number of aryl methyl sites for hydroxylation is 1. The zero-order chi connectivity index (χ0) is 14.1. The molecule has 0 aromatic heterocycles. The molecule has 0 saturated heterocycles. The molecule has 1 aromatic rings. The smallest absolute Gasteiger partial charge is 0.122 e. The molecule has 2 nitrogen and oxygen atoms in total. The van der Waals surface area contributed by atoms with Crippen molar-refractivity contribution in [1.29, 1.82) is 0 Å². The Kier molecular flexibility index (Phi) is 7.57. The number of rotatable bonds is 9. The van der Waals surface area contributed by atoms with E-state index in [1.54, 1.807) is 0 Å². The quantitative estimate of drug-likeness (QED) is 0.728. The van der Waals surface area contributed by atoms with E-state index in [4.69, 9.17) is 10.5 Å². The fourth-order valence-electron chi connectivity index (χ4n) is 2.31. The van der Waals surface area contributed by atoms with Gasteiger partial charge in [-0.15, -0.1) is 0 Å². The Morgan fingerprint density at radius 3 is 2.68 bits per heavy atom. The highest BCUT2D eigenvalue weighted by atomic mass is 16.5. The highest BCUT2D eigenvalue weighted by Crippen LogP contribution is 2.22. The second kappa shape index (κ2) is 8.98. The summed E-state index contributed by atoms with van der Waals surface area (Å²) in [6, 6.07) is 6.39. The highest BCUT2D eigenvalue weighted by molar-refractivity contribution is 5.37. The third-order valence-corrected chi connectivity index (χ3v) is 3.65. The van der Waals surface area contributed by atoms with Gasteiger partial charge in [-0.2, -0.15) is 0 Å². The SMILES string of the molecule is CCCCC(CC)COc1ccc(C)cc1CCN. The normalized spacial score (nSPS) is 12.4. The van der Waals surface area contributed by atoms with E-state index in [0.717, 1.165) is 18.8 Å². The molecule has 0 aliphatic heterocycles. The monoisotopic (exact) mass is 263 g/mol. The number of unbranched alkanes of at least 4 members (excludes halogenated alkanes) is 1. The Bertz CT molecular complexity index is 362. The summed E-state index contributed by atoms with van der Waals surface area (Å²) in [6.07, 6.45) is 5.91. The zero-order valence-corrected chi connectivity index (χ0v) is 12.7. The number of ether oxygens (including phenoxy) is 1. The van der Waals surface area contributed by atoms with Crippen LogP contribution in [0.25, 0.3) is 0 Å². The Balaban J connectivity index is 2.60. The van der Waals surface area contributed by atoms with Crippen LogP contribution in [-0.2, 0) is 6.42 Å². The predicted molar refractivity (Wildman–Crippen MR) is 82.7 cm³/mol. The van der Waals surface area contributed by atoms with Crippen molar-refractivity contribution < 1.29 is 4.74 Å². The molecule has 0 radical (unpaired) electrons. The number of benzene rings is 1. The largest absolute Gasteiger partial charge is 0.493 e. The second-order valence-electron chi connectivity index (χ2n) is 5.38. The van der Waals surface area contributed by atoms with Gasteiger partial charge in [-0.1, -0.05) is 50.8 Å². The van der Waals surface area contributed by atoms with Gasteiger partial charge in [-0.3, -0.25) is 0 Å². The van der Waals surface area contributed by atoms with Crippen LogP contribution in [0.4, 0.5) is 0 Å². The molecule has 0 aliphatic carbocycles. The molecule has 1 rings (SSSR count). The molecule has 1 unspecified atom stereocenters. The van der Waals surface area contributed by atoms with E-state index >= 15 is 0 Å². The average molecular weight is 263 g/mol. The molecule has 108 valence electrons. The van der Waals surface area contributed by atoms with Crippen LogP contribution in [0, 0.1) is 12.8 Å². The minimum absolute atomic E-state index is 0.673. The fourth-order valence-corrected chi connectivity index (χ4v) is 2.31. The van der Waals surface area contributed by atoms with E-state index in [9.17, 15) is 0 Å². The van der Waals surface area contributed by atoms with Crippen LogP contribution in [-0.4, -0.2) is 13.2 Å². The first-order valence-corrected chi connectivity index (χ1v) is 7.63. The Morgan fingerprint density at radius 2 is 2.05 bits per heavy atom. The van der Waals surface area contributed by atoms with Crippen molar-refractivity contribution in [2.24, 2.45) is 11.7 Å². The minimum Gasteiger partial charge on any atom is -0.493 e. The lowest BCUT2D eigenvalue weighted by atomic mass is 10.0. The van der Waals surface area contributed by atoms with Crippen LogP contribution in [0.3, 0.4) is 0 Å². The predicted octanol–water partition coefficient (Wildman–Crippen LogP) is 4.09. The first-order chi connectivity index (χ1) is 9.21. The Hall–Kier alpha value is -1.02. The van der Waals surface area contributed by atoms with E-state index in [-0.39, 0.29) is 0 Å². The van der Waals surface area contributed by atoms with Crippen LogP contribution < -0.4 is 10.5 Å². The molecule has 0 bridgehead atoms. The van der Waals surface area contributed by atoms with Crippen LogP contribution in [0.5, 0.6) is 5.75 Å². The van der Waals surface area contributed by atoms with E-state index in [2.05, 4.69) is 39.0 Å². The van der Waals surface area contributed by atoms with Crippen LogP contribution >= 0.6 is 0 Å². The van der Waals surface area contributed by atoms with Gasteiger partial charge >= 0.3 is 0 Å². The average Bonchev–Trinajstić information content (AvgIpc) is 2.41. The van der Waals surface area contributed by atoms with Gasteiger partial charge in [-0.25, -0.2) is 0 Å². The van der Waals surface area contributed by atoms with Crippen molar-refractivity contribution in [2.75, 3.05) is 13.2 Å². The summed E-state index contributed by atoms with van der Waals surface area (Å²) >= 11 is 0. The summed E-state index contributed by atoms with van der Waals surface area (Å²) in [5, 5.41) is 0. The highest BCUT2D eigenvalue weighted by Gasteiger charge is 2.09. The molecule has 0 aliphatic rings. The van der Waals surface area contributed by atoms with Crippen LogP contribution in [0.2, 0.25) is 0 Å². The number of hydrogen-bond donors (Lipinski definition) is 1. The number of nitrogens with two attached hydrogens (primary N) is 1. The third kappa shape index (κ3) is 5.65. The molecule has 0 heterocycles. The van der Waals surface area contributed by atoms with Gasteiger partial charge in [0, 0.05) is 0 Å². The van der Waals surface area contributed by atoms with Crippen molar-refractivity contribution in [1.82, 2.24) is 0 Å². The second-order valence-corrected chi connectivity index (χ2v) is 5.38. The van der Waals surface area contributed by atoms with E-state index < -0.39 is 0 Å². The Morgan fingerprint density at radius 1 is 1.26 bits per heavy atom. The summed E-state index contributed by atoms with van der Waals surface area (Å²) in [5.74, 6) is 1.69. The molecule has 19 heavy (non-hydrogen) atoms. The summed E-state index contributed by atoms with van der Waals surface area (Å²) in [4.78, 5) is 0. The van der Waals surface area contributed by atoms with Gasteiger partial charge in [-0.05, 0) is 43.9 Å². The summed E-state index contributed by atoms with van der Waals surface area (Å²) in [7, 11) is 0. The van der Waals surface area contributed by atoms with E-state index in [0.29, 0.717) is 12.5 Å². The maximum absolute atomic E-state index is 6.04. The van der Waals surface area contributed by atoms with Gasteiger partial charge < -0.3 is 10.5 Å². The molecule has 2 N–H and O–H groups in total. The lowest BCUT2D eigenvalue weighted by Crippen LogP contribution is -2.13. The molecule has 1 aromatic carbocycles. The zero-order valence-electron chi connectivity index (χ0n) is 12.7. The fraction of sp³-hybridized carbons (Fsp3) is 0.647. The van der Waals surface area contributed by atoms with Gasteiger partial charge in [0.25, 0.3) is 0 Å². The first-order valence-electron chi connectivity index (χ1n) is 7.63. The van der Waals surface area contributed by atoms with Gasteiger partial charge in [0.05, 0.1) is 6.61 Å². The van der Waals surface area contributed by atoms with Crippen LogP contribution in [0.15, 0.2) is 18.2 Å². The minimum atomic E-state index is 0.673. The van der Waals surface area contributed by atoms with Gasteiger partial charge in [0.15, 0.2) is 0 Å². The van der Waals surface area contributed by atoms with Crippen molar-refractivity contribution in [3.05, 3.63) is 29.3 Å². The molecular weight excluding hydrogens is 234 g/mol. The topological polar surface area (TPSA) is 35.2 Å². The summed E-state index contributed by atoms with van der Waals surface area (Å²) in [6.45, 7) is 8.11. The summed E-state index contributed by atoms with van der Waals surface area (Å²) < 4.78 is 6.04. The molecule has 0 amide bonds. The standard InChI is InChI=1S/C17H29NO/c1-4-6-7-15(5-2)13-19-17-9-8-14(3)12-16(17)10-11-18/h8-9,12,15H,4-7,10-11,13,18H2,1-3H3. The summed E-state index contributed by atoms with van der Waals surface area (Å²) in [5.41, 5.74) is 8.19. The van der Waals surface area contributed by atoms with Crippen molar-refractivity contribution in [2.45, 2.75) is 52.9 Å². The molecule has 0 saturated carbocycles. The Labute approximate surface area is 118 Å². The van der Waals surface area contributed by atoms with E-state index in [1.165, 1.54) is 36.8 Å². The van der Waals surface area contributed by atoms with Crippen molar-refractivity contribution in [3.63, 3.8) is 0 Å². The molecule has 1 atom stereocenters.